The molecule has 4 heteroatoms. The highest BCUT2D eigenvalue weighted by atomic mass is 32.1. The van der Waals surface area contributed by atoms with E-state index in [-0.39, 0.29) is 11.8 Å². The molecule has 1 atom stereocenters. The lowest BCUT2D eigenvalue weighted by Crippen LogP contribution is -2.38. The van der Waals surface area contributed by atoms with E-state index < -0.39 is 0 Å². The number of carbonyl (C=O) groups excluding carboxylic acids is 1. The summed E-state index contributed by atoms with van der Waals surface area (Å²) in [6.45, 7) is 4.72. The lowest BCUT2D eigenvalue weighted by molar-refractivity contribution is -0.123. The molecule has 0 radical (unpaired) electrons. The Kier molecular flexibility index (Phi) is 6.49. The van der Waals surface area contributed by atoms with Gasteiger partial charge in [0, 0.05) is 6.54 Å². The second kappa shape index (κ2) is 6.83. The van der Waals surface area contributed by atoms with Crippen molar-refractivity contribution in [1.82, 2.24) is 5.32 Å². The fourth-order valence-corrected chi connectivity index (χ4v) is 1.29. The van der Waals surface area contributed by atoms with Gasteiger partial charge in [0.1, 0.15) is 0 Å². The van der Waals surface area contributed by atoms with Gasteiger partial charge in [-0.1, -0.05) is 32.5 Å². The Balaban J connectivity index is 4.03. The van der Waals surface area contributed by atoms with Crippen molar-refractivity contribution in [2.24, 2.45) is 11.7 Å². The molecule has 1 unspecified atom stereocenters. The summed E-state index contributed by atoms with van der Waals surface area (Å²) in [5.74, 6) is -0.317. The zero-order valence-corrected chi connectivity index (χ0v) is 9.12. The Hall–Kier alpha value is -0.640. The van der Waals surface area contributed by atoms with Crippen LogP contribution in [0.3, 0.4) is 0 Å². The van der Waals surface area contributed by atoms with Gasteiger partial charge < -0.3 is 11.1 Å². The molecule has 0 saturated heterocycles. The zero-order valence-electron chi connectivity index (χ0n) is 8.30. The Bertz CT molecular complexity index is 182. The number of rotatable bonds is 6. The molecule has 0 heterocycles. The van der Waals surface area contributed by atoms with Gasteiger partial charge in [-0.15, -0.1) is 0 Å². The average Bonchev–Trinajstić information content (AvgIpc) is 2.09. The van der Waals surface area contributed by atoms with Gasteiger partial charge >= 0.3 is 0 Å². The van der Waals surface area contributed by atoms with Crippen molar-refractivity contribution >= 4 is 23.1 Å². The molecule has 0 rings (SSSR count). The van der Waals surface area contributed by atoms with Crippen LogP contribution in [0.2, 0.25) is 0 Å². The predicted molar refractivity (Wildman–Crippen MR) is 58.5 cm³/mol. The van der Waals surface area contributed by atoms with Gasteiger partial charge in [0.2, 0.25) is 5.91 Å². The number of thiocarbonyl (C=S) groups is 1. The van der Waals surface area contributed by atoms with E-state index in [0.717, 1.165) is 19.3 Å². The Morgan fingerprint density at radius 3 is 2.46 bits per heavy atom. The maximum atomic E-state index is 11.5. The van der Waals surface area contributed by atoms with Crippen LogP contribution in [0.5, 0.6) is 0 Å². The second-order valence-corrected chi connectivity index (χ2v) is 3.51. The molecule has 3 nitrogen and oxygen atoms in total. The minimum absolute atomic E-state index is 0.0313. The topological polar surface area (TPSA) is 55.1 Å². The van der Waals surface area contributed by atoms with Crippen LogP contribution in [-0.2, 0) is 4.79 Å². The van der Waals surface area contributed by atoms with E-state index in [1.54, 1.807) is 0 Å². The van der Waals surface area contributed by atoms with Crippen LogP contribution in [0, 0.1) is 5.92 Å². The SMILES string of the molecule is CCCNC(=O)C(CCC)C(N)=S. The highest BCUT2D eigenvalue weighted by Gasteiger charge is 2.19. The van der Waals surface area contributed by atoms with Gasteiger partial charge in [0.25, 0.3) is 0 Å². The lowest BCUT2D eigenvalue weighted by atomic mass is 10.0. The number of hydrogen-bond acceptors (Lipinski definition) is 2. The van der Waals surface area contributed by atoms with Crippen LogP contribution in [0.15, 0.2) is 0 Å². The summed E-state index contributed by atoms with van der Waals surface area (Å²) in [4.78, 5) is 11.8. The first-order valence-electron chi connectivity index (χ1n) is 4.70. The normalized spacial score (nSPS) is 12.2. The van der Waals surface area contributed by atoms with Gasteiger partial charge in [0.15, 0.2) is 0 Å². The van der Waals surface area contributed by atoms with E-state index in [0.29, 0.717) is 11.5 Å². The Labute approximate surface area is 85.1 Å². The highest BCUT2D eigenvalue weighted by molar-refractivity contribution is 7.80. The number of nitrogens with one attached hydrogen (secondary N) is 1. The third-order valence-electron chi connectivity index (χ3n) is 1.79. The molecule has 0 aliphatic rings. The second-order valence-electron chi connectivity index (χ2n) is 3.03. The fraction of sp³-hybridized carbons (Fsp3) is 0.778. The van der Waals surface area contributed by atoms with E-state index in [4.69, 9.17) is 18.0 Å². The maximum Gasteiger partial charge on any atom is 0.229 e. The predicted octanol–water partition coefficient (Wildman–Crippen LogP) is 1.22. The van der Waals surface area contributed by atoms with Gasteiger partial charge in [-0.2, -0.15) is 0 Å². The largest absolute Gasteiger partial charge is 0.393 e. The average molecular weight is 202 g/mol. The van der Waals surface area contributed by atoms with Crippen LogP contribution in [0.1, 0.15) is 33.1 Å². The molecule has 0 fully saturated rings. The summed E-state index contributed by atoms with van der Waals surface area (Å²) >= 11 is 4.83. The number of amides is 1. The van der Waals surface area contributed by atoms with Gasteiger partial charge in [-0.05, 0) is 12.8 Å². The van der Waals surface area contributed by atoms with Crippen molar-refractivity contribution in [1.29, 1.82) is 0 Å². The first-order valence-corrected chi connectivity index (χ1v) is 5.11. The van der Waals surface area contributed by atoms with E-state index in [2.05, 4.69) is 5.32 Å². The van der Waals surface area contributed by atoms with E-state index in [1.165, 1.54) is 0 Å². The van der Waals surface area contributed by atoms with Crippen molar-refractivity contribution < 1.29 is 4.79 Å². The maximum absolute atomic E-state index is 11.5. The van der Waals surface area contributed by atoms with Crippen molar-refractivity contribution in [3.63, 3.8) is 0 Å². The summed E-state index contributed by atoms with van der Waals surface area (Å²) < 4.78 is 0. The third-order valence-corrected chi connectivity index (χ3v) is 2.07. The lowest BCUT2D eigenvalue weighted by Gasteiger charge is -2.13. The molecule has 1 amide bonds. The summed E-state index contributed by atoms with van der Waals surface area (Å²) in [5, 5.41) is 2.79. The summed E-state index contributed by atoms with van der Waals surface area (Å²) in [5.41, 5.74) is 5.47. The molecule has 3 N–H and O–H groups in total. The summed E-state index contributed by atoms with van der Waals surface area (Å²) in [7, 11) is 0. The quantitative estimate of drug-likeness (QED) is 0.637. The molecule has 0 aromatic carbocycles. The van der Waals surface area contributed by atoms with E-state index >= 15 is 0 Å². The molecule has 0 bridgehead atoms. The number of nitrogens with two attached hydrogens (primary N) is 1. The monoisotopic (exact) mass is 202 g/mol. The molecule has 0 aliphatic heterocycles. The van der Waals surface area contributed by atoms with E-state index in [1.807, 2.05) is 13.8 Å². The highest BCUT2D eigenvalue weighted by Crippen LogP contribution is 2.06. The zero-order chi connectivity index (χ0) is 10.3. The minimum atomic E-state index is -0.286. The smallest absolute Gasteiger partial charge is 0.229 e. The van der Waals surface area contributed by atoms with E-state index in [9.17, 15) is 4.79 Å². The number of carbonyl (C=O) groups is 1. The van der Waals surface area contributed by atoms with Crippen LogP contribution < -0.4 is 11.1 Å². The van der Waals surface area contributed by atoms with Crippen LogP contribution in [0.4, 0.5) is 0 Å². The van der Waals surface area contributed by atoms with Crippen molar-refractivity contribution in [2.75, 3.05) is 6.54 Å². The fourth-order valence-electron chi connectivity index (χ4n) is 1.06. The molecule has 0 aliphatic carbocycles. The van der Waals surface area contributed by atoms with Crippen LogP contribution >= 0.6 is 12.2 Å². The van der Waals surface area contributed by atoms with Crippen LogP contribution in [-0.4, -0.2) is 17.4 Å². The third kappa shape index (κ3) is 4.83. The van der Waals surface area contributed by atoms with Crippen molar-refractivity contribution in [2.45, 2.75) is 33.1 Å². The summed E-state index contributed by atoms with van der Waals surface area (Å²) in [6.07, 6.45) is 2.59. The first kappa shape index (κ1) is 12.4. The molecule has 0 saturated carbocycles. The van der Waals surface area contributed by atoms with Gasteiger partial charge in [-0.25, -0.2) is 0 Å². The van der Waals surface area contributed by atoms with Crippen molar-refractivity contribution in [3.05, 3.63) is 0 Å². The van der Waals surface area contributed by atoms with Crippen LogP contribution in [0.25, 0.3) is 0 Å². The standard InChI is InChI=1S/C9H18N2OS/c1-3-5-7(8(10)13)9(12)11-6-4-2/h7H,3-6H2,1-2H3,(H2,10,13)(H,11,12). The summed E-state index contributed by atoms with van der Waals surface area (Å²) in [6, 6.07) is 0. The van der Waals surface area contributed by atoms with Gasteiger partial charge in [-0.3, -0.25) is 4.79 Å². The Morgan fingerprint density at radius 2 is 2.08 bits per heavy atom. The first-order chi connectivity index (χ1) is 6.13. The molecule has 0 aromatic heterocycles. The molecule has 13 heavy (non-hydrogen) atoms. The van der Waals surface area contributed by atoms with Gasteiger partial charge in [0.05, 0.1) is 10.9 Å². The van der Waals surface area contributed by atoms with Crippen molar-refractivity contribution in [3.8, 4) is 0 Å². The number of hydrogen-bond donors (Lipinski definition) is 2. The molecular formula is C9H18N2OS. The Morgan fingerprint density at radius 1 is 1.46 bits per heavy atom. The molecule has 0 spiro atoms. The molecular weight excluding hydrogens is 184 g/mol. The molecule has 76 valence electrons. The minimum Gasteiger partial charge on any atom is -0.393 e. The molecule has 0 aromatic rings.